The van der Waals surface area contributed by atoms with Crippen molar-refractivity contribution in [1.29, 1.82) is 0 Å². The van der Waals surface area contributed by atoms with Crippen molar-refractivity contribution in [2.45, 2.75) is 6.42 Å². The lowest BCUT2D eigenvalue weighted by Gasteiger charge is -2.21. The molecule has 1 aromatic heterocycles. The van der Waals surface area contributed by atoms with Crippen molar-refractivity contribution in [3.8, 4) is 11.5 Å². The highest BCUT2D eigenvalue weighted by Crippen LogP contribution is 2.32. The van der Waals surface area contributed by atoms with Gasteiger partial charge >= 0.3 is 0 Å². The van der Waals surface area contributed by atoms with Gasteiger partial charge in [0, 0.05) is 11.2 Å². The van der Waals surface area contributed by atoms with Crippen molar-refractivity contribution in [3.63, 3.8) is 0 Å². The Morgan fingerprint density at radius 1 is 1.12 bits per heavy atom. The second-order valence-electron chi connectivity index (χ2n) is 7.18. The third-order valence-corrected chi connectivity index (χ3v) is 5.29. The Bertz CT molecular complexity index is 1230. The zero-order valence-electron chi connectivity index (χ0n) is 18.0. The molecule has 4 rings (SSSR count). The first-order chi connectivity index (χ1) is 16.0. The summed E-state index contributed by atoms with van der Waals surface area (Å²) in [6.45, 7) is -0.246. The van der Waals surface area contributed by atoms with Crippen molar-refractivity contribution in [1.82, 2.24) is 4.98 Å². The van der Waals surface area contributed by atoms with Crippen LogP contribution in [-0.4, -0.2) is 43.3 Å². The predicted molar refractivity (Wildman–Crippen MR) is 127 cm³/mol. The quantitative estimate of drug-likeness (QED) is 0.588. The average molecular weight is 465 g/mol. The summed E-state index contributed by atoms with van der Waals surface area (Å²) in [6.07, 6.45) is 1.57. The zero-order chi connectivity index (χ0) is 23.4. The Labute approximate surface area is 195 Å². The predicted octanol–water partition coefficient (Wildman–Crippen LogP) is 4.25. The number of nitrogens with one attached hydrogen (secondary N) is 1. The van der Waals surface area contributed by atoms with Crippen LogP contribution in [0.3, 0.4) is 0 Å². The number of hydrogen-bond donors (Lipinski definition) is 1. The molecular formula is C24H21ClN4O4. The van der Waals surface area contributed by atoms with E-state index >= 15 is 0 Å². The number of rotatable bonds is 6. The number of methoxy groups -OCH3 is 2. The molecule has 2 amide bonds. The van der Waals surface area contributed by atoms with E-state index in [4.69, 9.17) is 21.1 Å². The summed E-state index contributed by atoms with van der Waals surface area (Å²) in [5, 5.41) is 3.20. The van der Waals surface area contributed by atoms with E-state index in [1.807, 2.05) is 12.1 Å². The summed E-state index contributed by atoms with van der Waals surface area (Å²) in [4.78, 5) is 36.4. The van der Waals surface area contributed by atoms with Gasteiger partial charge in [0.2, 0.25) is 11.8 Å². The fourth-order valence-electron chi connectivity index (χ4n) is 3.45. The van der Waals surface area contributed by atoms with Crippen LogP contribution in [0.15, 0.2) is 65.8 Å². The van der Waals surface area contributed by atoms with E-state index in [0.29, 0.717) is 39.4 Å². The monoisotopic (exact) mass is 464 g/mol. The van der Waals surface area contributed by atoms with E-state index in [1.165, 1.54) is 12.0 Å². The number of ether oxygens (including phenoxy) is 2. The van der Waals surface area contributed by atoms with E-state index in [2.05, 4.69) is 15.3 Å². The molecule has 3 aromatic rings. The topological polar surface area (TPSA) is 93.1 Å². The Balaban J connectivity index is 1.60. The van der Waals surface area contributed by atoms with Gasteiger partial charge in [0.15, 0.2) is 5.82 Å². The molecular weight excluding hydrogens is 444 g/mol. The molecule has 0 aliphatic carbocycles. The molecule has 8 nitrogen and oxygen atoms in total. The number of halogens is 1. The van der Waals surface area contributed by atoms with E-state index in [1.54, 1.807) is 55.8 Å². The summed E-state index contributed by atoms with van der Waals surface area (Å²) < 4.78 is 10.5. The molecule has 0 saturated carbocycles. The highest BCUT2D eigenvalue weighted by atomic mass is 35.5. The molecule has 0 radical (unpaired) electrons. The van der Waals surface area contributed by atoms with E-state index in [9.17, 15) is 9.59 Å². The normalized spacial score (nSPS) is 13.0. The highest BCUT2D eigenvalue weighted by Gasteiger charge is 2.28. The molecule has 9 heteroatoms. The van der Waals surface area contributed by atoms with Crippen molar-refractivity contribution in [2.24, 2.45) is 4.99 Å². The van der Waals surface area contributed by atoms with Gasteiger partial charge in [0.25, 0.3) is 0 Å². The minimum atomic E-state index is -0.423. The summed E-state index contributed by atoms with van der Waals surface area (Å²) in [5.74, 6) is 0.762. The third kappa shape index (κ3) is 4.96. The van der Waals surface area contributed by atoms with Crippen LogP contribution in [0.25, 0.3) is 0 Å². The Hall–Kier alpha value is -3.91. The van der Waals surface area contributed by atoms with E-state index in [0.717, 1.165) is 5.56 Å². The maximum absolute atomic E-state index is 13.2. The number of anilines is 2. The van der Waals surface area contributed by atoms with Gasteiger partial charge in [-0.1, -0.05) is 11.6 Å². The lowest BCUT2D eigenvalue weighted by Crippen LogP contribution is -2.39. The number of aliphatic imine (C=N–C) groups is 1. The largest absolute Gasteiger partial charge is 0.497 e. The number of pyridine rings is 1. The van der Waals surface area contributed by atoms with Gasteiger partial charge in [-0.05, 0) is 60.2 Å². The van der Waals surface area contributed by atoms with Gasteiger partial charge < -0.3 is 14.8 Å². The van der Waals surface area contributed by atoms with Crippen LogP contribution >= 0.6 is 11.6 Å². The van der Waals surface area contributed by atoms with Crippen molar-refractivity contribution >= 4 is 46.3 Å². The first-order valence-electron chi connectivity index (χ1n) is 10.1. The molecule has 0 bridgehead atoms. The van der Waals surface area contributed by atoms with Gasteiger partial charge in [-0.25, -0.2) is 9.98 Å². The number of carbonyl (C=O) groups is 2. The fraction of sp³-hybridized carbons (Fsp3) is 0.167. The minimum Gasteiger partial charge on any atom is -0.497 e. The van der Waals surface area contributed by atoms with Crippen molar-refractivity contribution < 1.29 is 19.1 Å². The maximum atomic E-state index is 13.2. The van der Waals surface area contributed by atoms with Gasteiger partial charge in [-0.15, -0.1) is 0 Å². The van der Waals surface area contributed by atoms with Crippen LogP contribution in [0.1, 0.15) is 12.0 Å². The van der Waals surface area contributed by atoms with Gasteiger partial charge in [0.1, 0.15) is 23.7 Å². The number of benzene rings is 2. The second kappa shape index (κ2) is 9.70. The van der Waals surface area contributed by atoms with E-state index in [-0.39, 0.29) is 18.9 Å². The van der Waals surface area contributed by atoms with Gasteiger partial charge in [-0.2, -0.15) is 0 Å². The number of hydrogen-bond acceptors (Lipinski definition) is 6. The molecule has 0 fully saturated rings. The SMILES string of the molecule is COc1ccc(C2=Nc3cccnc3N(CC(=O)Nc3cc(Cl)ccc3OC)C(=O)C2)cc1. The van der Waals surface area contributed by atoms with Crippen LogP contribution in [-0.2, 0) is 9.59 Å². The number of nitrogens with zero attached hydrogens (tertiary/aromatic N) is 3. The minimum absolute atomic E-state index is 0.0104. The Kier molecular flexibility index (Phi) is 6.55. The zero-order valence-corrected chi connectivity index (χ0v) is 18.8. The average Bonchev–Trinajstić information content (AvgIpc) is 2.96. The molecule has 1 N–H and O–H groups in total. The van der Waals surface area contributed by atoms with Crippen LogP contribution in [0.4, 0.5) is 17.2 Å². The molecule has 0 saturated heterocycles. The van der Waals surface area contributed by atoms with Crippen LogP contribution in [0.5, 0.6) is 11.5 Å². The van der Waals surface area contributed by atoms with Gasteiger partial charge in [-0.3, -0.25) is 14.5 Å². The molecule has 0 spiro atoms. The standard InChI is InChI=1S/C24H21ClN4O4/c1-32-17-8-5-15(6-9-17)19-13-23(31)29(24-18(27-19)4-3-11-26-24)14-22(30)28-20-12-16(25)7-10-21(20)33-2/h3-12H,13-14H2,1-2H3,(H,28,30). The summed E-state index contributed by atoms with van der Waals surface area (Å²) in [5.41, 5.74) is 2.28. The number of amides is 2. The molecule has 2 heterocycles. The summed E-state index contributed by atoms with van der Waals surface area (Å²) in [6, 6.07) is 15.7. The fourth-order valence-corrected chi connectivity index (χ4v) is 3.62. The Morgan fingerprint density at radius 2 is 1.91 bits per heavy atom. The first kappa shape index (κ1) is 22.3. The molecule has 0 unspecified atom stereocenters. The Morgan fingerprint density at radius 3 is 2.64 bits per heavy atom. The van der Waals surface area contributed by atoms with Crippen molar-refractivity contribution in [2.75, 3.05) is 31.0 Å². The smallest absolute Gasteiger partial charge is 0.244 e. The lowest BCUT2D eigenvalue weighted by molar-refractivity contribution is -0.120. The molecule has 2 aromatic carbocycles. The van der Waals surface area contributed by atoms with Crippen LogP contribution in [0.2, 0.25) is 5.02 Å². The molecule has 33 heavy (non-hydrogen) atoms. The van der Waals surface area contributed by atoms with Gasteiger partial charge in [0.05, 0.1) is 32.0 Å². The summed E-state index contributed by atoms with van der Waals surface area (Å²) >= 11 is 6.05. The summed E-state index contributed by atoms with van der Waals surface area (Å²) in [7, 11) is 3.08. The third-order valence-electron chi connectivity index (χ3n) is 5.06. The highest BCUT2D eigenvalue weighted by molar-refractivity contribution is 6.31. The first-order valence-corrected chi connectivity index (χ1v) is 10.5. The van der Waals surface area contributed by atoms with Crippen molar-refractivity contribution in [3.05, 3.63) is 71.4 Å². The lowest BCUT2D eigenvalue weighted by atomic mass is 10.1. The number of aromatic nitrogens is 1. The molecule has 1 aliphatic heterocycles. The van der Waals surface area contributed by atoms with E-state index < -0.39 is 5.91 Å². The second-order valence-corrected chi connectivity index (χ2v) is 7.62. The molecule has 168 valence electrons. The number of fused-ring (bicyclic) bond motifs is 1. The molecule has 0 atom stereocenters. The van der Waals surface area contributed by atoms with Crippen LogP contribution < -0.4 is 19.7 Å². The molecule has 1 aliphatic rings. The maximum Gasteiger partial charge on any atom is 0.244 e. The number of carbonyl (C=O) groups excluding carboxylic acids is 2. The van der Waals surface area contributed by atoms with Crippen LogP contribution in [0, 0.1) is 0 Å².